The van der Waals surface area contributed by atoms with Crippen LogP contribution in [0.2, 0.25) is 0 Å². The number of aromatic amines is 1. The van der Waals surface area contributed by atoms with Gasteiger partial charge >= 0.3 is 0 Å². The Balaban J connectivity index is 1.91. The number of aryl methyl sites for hydroxylation is 1. The fourth-order valence-electron chi connectivity index (χ4n) is 3.07. The molecule has 0 unspecified atom stereocenters. The molecule has 2 N–H and O–H groups in total. The highest BCUT2D eigenvalue weighted by Crippen LogP contribution is 2.20. The number of carbonyl (C=O) groups is 2. The lowest BCUT2D eigenvalue weighted by atomic mass is 10.0. The monoisotopic (exact) mass is 356 g/mol. The fourth-order valence-corrected chi connectivity index (χ4v) is 3.07. The van der Waals surface area contributed by atoms with E-state index >= 15 is 0 Å². The summed E-state index contributed by atoms with van der Waals surface area (Å²) in [6.07, 6.45) is 0.626. The average molecular weight is 356 g/mol. The van der Waals surface area contributed by atoms with Crippen molar-refractivity contribution in [1.29, 1.82) is 0 Å². The van der Waals surface area contributed by atoms with Gasteiger partial charge in [0.15, 0.2) is 5.78 Å². The van der Waals surface area contributed by atoms with E-state index in [4.69, 9.17) is 4.74 Å². The summed E-state index contributed by atoms with van der Waals surface area (Å²) < 4.78 is 5.67. The Hall–Kier alpha value is -2.56. The average Bonchev–Trinajstić information content (AvgIpc) is 2.95. The molecule has 0 spiro atoms. The maximum absolute atomic E-state index is 12.4. The third kappa shape index (κ3) is 4.54. The predicted octanol–water partition coefficient (Wildman–Crippen LogP) is 4.02. The number of H-pyrrole nitrogens is 1. The molecule has 1 aromatic heterocycles. The summed E-state index contributed by atoms with van der Waals surface area (Å²) in [7, 11) is 0. The molecule has 0 saturated carbocycles. The van der Waals surface area contributed by atoms with E-state index in [1.807, 2.05) is 26.0 Å². The summed E-state index contributed by atoms with van der Waals surface area (Å²) in [5.41, 5.74) is 3.87. The molecule has 2 aromatic rings. The van der Waals surface area contributed by atoms with Crippen molar-refractivity contribution in [2.75, 3.05) is 13.2 Å². The van der Waals surface area contributed by atoms with Crippen molar-refractivity contribution in [3.05, 3.63) is 52.3 Å². The first-order chi connectivity index (χ1) is 12.3. The molecule has 26 heavy (non-hydrogen) atoms. The van der Waals surface area contributed by atoms with Crippen LogP contribution in [0.3, 0.4) is 0 Å². The molecular formula is C21H28N2O3. The number of carbonyl (C=O) groups excluding carboxylic acids is 2. The number of hydrogen-bond donors (Lipinski definition) is 2. The van der Waals surface area contributed by atoms with E-state index in [1.54, 1.807) is 0 Å². The molecule has 0 fully saturated rings. The summed E-state index contributed by atoms with van der Waals surface area (Å²) in [6, 6.07) is 7.99. The Labute approximate surface area is 155 Å². The van der Waals surface area contributed by atoms with Gasteiger partial charge in [-0.2, -0.15) is 0 Å². The molecule has 1 amide bonds. The molecular weight excluding hydrogens is 328 g/mol. The van der Waals surface area contributed by atoms with E-state index in [0.717, 1.165) is 17.0 Å². The van der Waals surface area contributed by atoms with Crippen LogP contribution in [0.1, 0.15) is 71.3 Å². The quantitative estimate of drug-likeness (QED) is 0.554. The van der Waals surface area contributed by atoms with Gasteiger partial charge in [0.05, 0.1) is 6.54 Å². The first-order valence-electron chi connectivity index (χ1n) is 9.08. The number of ketones is 1. The van der Waals surface area contributed by atoms with Crippen LogP contribution < -0.4 is 10.1 Å². The lowest BCUT2D eigenvalue weighted by Crippen LogP contribution is -2.29. The molecule has 0 aliphatic rings. The lowest BCUT2D eigenvalue weighted by Gasteiger charge is -2.10. The van der Waals surface area contributed by atoms with Gasteiger partial charge in [-0.1, -0.05) is 32.9 Å². The van der Waals surface area contributed by atoms with Crippen LogP contribution in [0.5, 0.6) is 5.75 Å². The van der Waals surface area contributed by atoms with Crippen LogP contribution in [0.4, 0.5) is 0 Å². The van der Waals surface area contributed by atoms with Crippen LogP contribution in [-0.4, -0.2) is 29.8 Å². The van der Waals surface area contributed by atoms with Crippen LogP contribution in [0, 0.1) is 6.92 Å². The summed E-state index contributed by atoms with van der Waals surface area (Å²) in [4.78, 5) is 27.3. The Bertz CT molecular complexity index is 773. The highest BCUT2D eigenvalue weighted by molar-refractivity contribution is 6.02. The van der Waals surface area contributed by atoms with Crippen molar-refractivity contribution in [1.82, 2.24) is 10.3 Å². The molecule has 0 saturated heterocycles. The second kappa shape index (κ2) is 8.70. The highest BCUT2D eigenvalue weighted by atomic mass is 16.5. The van der Waals surface area contributed by atoms with E-state index < -0.39 is 0 Å². The van der Waals surface area contributed by atoms with Crippen LogP contribution >= 0.6 is 0 Å². The number of amides is 1. The number of aromatic nitrogens is 1. The minimum absolute atomic E-state index is 0.0252. The number of ether oxygens (including phenoxy) is 1. The number of Topliss-reactive ketones (excluding diaryl/α,β-unsaturated/α-hetero) is 1. The molecule has 140 valence electrons. The molecule has 5 nitrogen and oxygen atoms in total. The second-order valence-electron chi connectivity index (χ2n) is 6.72. The number of benzene rings is 1. The van der Waals surface area contributed by atoms with E-state index in [2.05, 4.69) is 36.3 Å². The number of nitrogens with one attached hydrogen (secondary N) is 2. The van der Waals surface area contributed by atoms with Crippen molar-refractivity contribution < 1.29 is 14.3 Å². The largest absolute Gasteiger partial charge is 0.492 e. The van der Waals surface area contributed by atoms with Crippen molar-refractivity contribution in [3.63, 3.8) is 0 Å². The summed E-state index contributed by atoms with van der Waals surface area (Å²) in [5.74, 6) is 1.03. The third-order valence-electron chi connectivity index (χ3n) is 4.43. The Morgan fingerprint density at radius 1 is 1.19 bits per heavy atom. The molecule has 2 rings (SSSR count). The lowest BCUT2D eigenvalue weighted by molar-refractivity contribution is 0.0941. The van der Waals surface area contributed by atoms with Crippen molar-refractivity contribution >= 4 is 11.7 Å². The molecule has 5 heteroatoms. The Morgan fingerprint density at radius 2 is 1.85 bits per heavy atom. The van der Waals surface area contributed by atoms with Crippen LogP contribution in [0.15, 0.2) is 24.3 Å². The van der Waals surface area contributed by atoms with Crippen molar-refractivity contribution in [2.45, 2.75) is 47.0 Å². The van der Waals surface area contributed by atoms with Gasteiger partial charge in [-0.3, -0.25) is 9.59 Å². The van der Waals surface area contributed by atoms with Crippen molar-refractivity contribution in [3.8, 4) is 5.75 Å². The van der Waals surface area contributed by atoms with E-state index in [1.165, 1.54) is 12.5 Å². The SMILES string of the molecule is CCc1c(C(=O)NCCOc2ccc(C(C)C)cc2)[nH]c(C)c1C(C)=O. The number of hydrogen-bond acceptors (Lipinski definition) is 3. The van der Waals surface area contributed by atoms with Gasteiger partial charge < -0.3 is 15.0 Å². The van der Waals surface area contributed by atoms with E-state index in [9.17, 15) is 9.59 Å². The zero-order valence-electron chi connectivity index (χ0n) is 16.2. The van der Waals surface area contributed by atoms with Crippen LogP contribution in [-0.2, 0) is 6.42 Å². The number of rotatable bonds is 8. The zero-order valence-corrected chi connectivity index (χ0v) is 16.2. The molecule has 0 aliphatic carbocycles. The molecule has 1 heterocycles. The van der Waals surface area contributed by atoms with Gasteiger partial charge in [-0.05, 0) is 49.4 Å². The first kappa shape index (κ1) is 19.8. The van der Waals surface area contributed by atoms with Crippen molar-refractivity contribution in [2.24, 2.45) is 0 Å². The molecule has 1 aromatic carbocycles. The van der Waals surface area contributed by atoms with Gasteiger partial charge in [0, 0.05) is 11.3 Å². The summed E-state index contributed by atoms with van der Waals surface area (Å²) >= 11 is 0. The normalized spacial score (nSPS) is 10.8. The minimum atomic E-state index is -0.212. The van der Waals surface area contributed by atoms with Gasteiger partial charge in [0.1, 0.15) is 18.1 Å². The Morgan fingerprint density at radius 3 is 2.38 bits per heavy atom. The standard InChI is InChI=1S/C21H28N2O3/c1-6-18-19(15(5)24)14(4)23-20(18)21(25)22-11-12-26-17-9-7-16(8-10-17)13(2)3/h7-10,13,23H,6,11-12H2,1-5H3,(H,22,25). The fraction of sp³-hybridized carbons (Fsp3) is 0.429. The summed E-state index contributed by atoms with van der Waals surface area (Å²) in [5, 5.41) is 2.85. The minimum Gasteiger partial charge on any atom is -0.492 e. The summed E-state index contributed by atoms with van der Waals surface area (Å²) in [6.45, 7) is 10.3. The molecule has 0 atom stereocenters. The van der Waals surface area contributed by atoms with Gasteiger partial charge in [-0.25, -0.2) is 0 Å². The second-order valence-corrected chi connectivity index (χ2v) is 6.72. The predicted molar refractivity (Wildman–Crippen MR) is 103 cm³/mol. The highest BCUT2D eigenvalue weighted by Gasteiger charge is 2.21. The van der Waals surface area contributed by atoms with Gasteiger partial charge in [-0.15, -0.1) is 0 Å². The smallest absolute Gasteiger partial charge is 0.268 e. The third-order valence-corrected chi connectivity index (χ3v) is 4.43. The molecule has 0 radical (unpaired) electrons. The van der Waals surface area contributed by atoms with Gasteiger partial charge in [0.25, 0.3) is 5.91 Å². The van der Waals surface area contributed by atoms with Gasteiger partial charge in [0.2, 0.25) is 0 Å². The zero-order chi connectivity index (χ0) is 19.3. The topological polar surface area (TPSA) is 71.2 Å². The van der Waals surface area contributed by atoms with E-state index in [0.29, 0.717) is 36.7 Å². The first-order valence-corrected chi connectivity index (χ1v) is 9.08. The van der Waals surface area contributed by atoms with E-state index in [-0.39, 0.29) is 11.7 Å². The van der Waals surface area contributed by atoms with Crippen LogP contribution in [0.25, 0.3) is 0 Å². The maximum Gasteiger partial charge on any atom is 0.268 e. The Kier molecular flexibility index (Phi) is 6.61. The molecule has 0 bridgehead atoms. The maximum atomic E-state index is 12.4. The molecule has 0 aliphatic heterocycles.